The minimum absolute atomic E-state index is 0.00783. The van der Waals surface area contributed by atoms with Crippen LogP contribution in [0, 0.1) is 5.82 Å². The Hall–Kier alpha value is -2.03. The van der Waals surface area contributed by atoms with Gasteiger partial charge in [0.15, 0.2) is 0 Å². The monoisotopic (exact) mass is 421 g/mol. The summed E-state index contributed by atoms with van der Waals surface area (Å²) < 4.78 is 24.4. The number of rotatable bonds is 8. The largest absolute Gasteiger partial charge is 0.385 e. The lowest BCUT2D eigenvalue weighted by Crippen LogP contribution is -2.56. The molecule has 0 bridgehead atoms. The number of hydrogen-bond acceptors (Lipinski definition) is 5. The van der Waals surface area contributed by atoms with Gasteiger partial charge in [-0.25, -0.2) is 4.39 Å². The highest BCUT2D eigenvalue weighted by atomic mass is 19.1. The maximum atomic E-state index is 13.9. The average molecular weight is 422 g/mol. The fraction of sp³-hybridized carbons (Fsp3) is 0.636. The van der Waals surface area contributed by atoms with Gasteiger partial charge in [0.2, 0.25) is 11.8 Å². The number of benzene rings is 1. The summed E-state index contributed by atoms with van der Waals surface area (Å²) in [6.45, 7) is 4.96. The van der Waals surface area contributed by atoms with Gasteiger partial charge in [0, 0.05) is 59.7 Å². The molecule has 1 aromatic carbocycles. The van der Waals surface area contributed by atoms with Crippen molar-refractivity contribution in [3.8, 4) is 0 Å². The van der Waals surface area contributed by atoms with Crippen LogP contribution >= 0.6 is 0 Å². The van der Waals surface area contributed by atoms with E-state index in [-0.39, 0.29) is 17.6 Å². The Balaban J connectivity index is 1.57. The van der Waals surface area contributed by atoms with Gasteiger partial charge in [-0.2, -0.15) is 0 Å². The number of methoxy groups -OCH3 is 1. The summed E-state index contributed by atoms with van der Waals surface area (Å²) in [5.74, 6) is -0.292. The first-order valence-electron chi connectivity index (χ1n) is 10.7. The van der Waals surface area contributed by atoms with Gasteiger partial charge in [-0.15, -0.1) is 0 Å². The molecule has 0 aromatic heterocycles. The Labute approximate surface area is 177 Å². The zero-order valence-electron chi connectivity index (χ0n) is 17.7. The van der Waals surface area contributed by atoms with Crippen molar-refractivity contribution >= 4 is 11.8 Å². The van der Waals surface area contributed by atoms with E-state index in [1.54, 1.807) is 13.2 Å². The third-order valence-corrected chi connectivity index (χ3v) is 6.01. The van der Waals surface area contributed by atoms with Gasteiger partial charge in [-0.3, -0.25) is 14.5 Å². The first kappa shape index (κ1) is 22.7. The zero-order valence-corrected chi connectivity index (χ0v) is 17.7. The van der Waals surface area contributed by atoms with Crippen LogP contribution in [0.4, 0.5) is 4.39 Å². The molecule has 0 spiro atoms. The van der Waals surface area contributed by atoms with Crippen LogP contribution in [-0.2, 0) is 24.5 Å². The summed E-state index contributed by atoms with van der Waals surface area (Å²) in [7, 11) is 1.64. The van der Waals surface area contributed by atoms with Crippen molar-refractivity contribution in [2.24, 2.45) is 0 Å². The molecular weight excluding hydrogens is 389 g/mol. The minimum atomic E-state index is -0.735. The molecule has 8 heteroatoms. The van der Waals surface area contributed by atoms with Crippen molar-refractivity contribution in [3.05, 3.63) is 35.6 Å². The molecule has 2 aliphatic rings. The number of carbonyl (C=O) groups is 2. The second kappa shape index (κ2) is 10.8. The molecule has 3 rings (SSSR count). The number of nitrogens with zero attached hydrogens (tertiary/aromatic N) is 2. The molecule has 2 aliphatic heterocycles. The summed E-state index contributed by atoms with van der Waals surface area (Å²) in [5.41, 5.74) is -0.00463. The van der Waals surface area contributed by atoms with E-state index in [1.807, 2.05) is 11.0 Å². The highest BCUT2D eigenvalue weighted by Gasteiger charge is 2.44. The topological polar surface area (TPSA) is 71.1 Å². The Morgan fingerprint density at radius 3 is 2.60 bits per heavy atom. The third kappa shape index (κ3) is 5.56. The van der Waals surface area contributed by atoms with E-state index < -0.39 is 5.41 Å². The molecule has 0 atom stereocenters. The van der Waals surface area contributed by atoms with E-state index in [9.17, 15) is 14.0 Å². The Kier molecular flexibility index (Phi) is 8.18. The Morgan fingerprint density at radius 1 is 1.20 bits per heavy atom. The van der Waals surface area contributed by atoms with Gasteiger partial charge in [0.05, 0.1) is 12.0 Å². The summed E-state index contributed by atoms with van der Waals surface area (Å²) >= 11 is 0. The Morgan fingerprint density at radius 2 is 1.93 bits per heavy atom. The first-order valence-corrected chi connectivity index (χ1v) is 10.7. The lowest BCUT2D eigenvalue weighted by molar-refractivity contribution is -0.143. The van der Waals surface area contributed by atoms with E-state index >= 15 is 0 Å². The van der Waals surface area contributed by atoms with Crippen LogP contribution in [0.15, 0.2) is 24.3 Å². The zero-order chi connectivity index (χ0) is 21.4. The Bertz CT molecular complexity index is 716. The van der Waals surface area contributed by atoms with Gasteiger partial charge in [0.25, 0.3) is 0 Å². The smallest absolute Gasteiger partial charge is 0.234 e. The van der Waals surface area contributed by atoms with E-state index in [0.717, 1.165) is 12.0 Å². The number of halogens is 1. The van der Waals surface area contributed by atoms with Gasteiger partial charge in [-0.05, 0) is 37.0 Å². The minimum Gasteiger partial charge on any atom is -0.385 e. The number of nitrogens with one attached hydrogen (secondary N) is 1. The normalized spacial score (nSPS) is 19.5. The van der Waals surface area contributed by atoms with Gasteiger partial charge in [0.1, 0.15) is 5.82 Å². The summed E-state index contributed by atoms with van der Waals surface area (Å²) in [4.78, 5) is 29.6. The van der Waals surface area contributed by atoms with E-state index in [0.29, 0.717) is 71.9 Å². The first-order chi connectivity index (χ1) is 14.5. The average Bonchev–Trinajstić information content (AvgIpc) is 2.77. The van der Waals surface area contributed by atoms with Crippen LogP contribution in [0.5, 0.6) is 0 Å². The van der Waals surface area contributed by atoms with Crippen molar-refractivity contribution in [1.29, 1.82) is 0 Å². The number of amides is 2. The second-order valence-electron chi connectivity index (χ2n) is 7.97. The number of piperazine rings is 1. The lowest BCUT2D eigenvalue weighted by Gasteiger charge is -2.43. The van der Waals surface area contributed by atoms with Crippen LogP contribution in [0.3, 0.4) is 0 Å². The number of ether oxygens (including phenoxy) is 2. The van der Waals surface area contributed by atoms with E-state index in [4.69, 9.17) is 9.47 Å². The predicted octanol–water partition coefficient (Wildman–Crippen LogP) is 1.17. The third-order valence-electron chi connectivity index (χ3n) is 6.01. The summed E-state index contributed by atoms with van der Waals surface area (Å²) in [5, 5.41) is 2.89. The molecule has 2 heterocycles. The fourth-order valence-electron chi connectivity index (χ4n) is 4.25. The molecule has 0 aliphatic carbocycles. The van der Waals surface area contributed by atoms with Crippen molar-refractivity contribution in [2.45, 2.75) is 24.7 Å². The molecule has 30 heavy (non-hydrogen) atoms. The fourth-order valence-corrected chi connectivity index (χ4v) is 4.25. The standard InChI is InChI=1S/C22H32FN3O4/c1-29-13-3-8-24-20(27)17-25-9-11-26(12-10-25)21(28)22(6-14-30-15-7-22)18-4-2-5-19(23)16-18/h2,4-5,16H,3,6-15,17H2,1H3,(H,24,27). The van der Waals surface area contributed by atoms with Crippen molar-refractivity contribution in [2.75, 3.05) is 66.2 Å². The second-order valence-corrected chi connectivity index (χ2v) is 7.97. The van der Waals surface area contributed by atoms with E-state index in [2.05, 4.69) is 10.2 Å². The summed E-state index contributed by atoms with van der Waals surface area (Å²) in [6.07, 6.45) is 1.90. The molecule has 1 N–H and O–H groups in total. The maximum absolute atomic E-state index is 13.9. The number of carbonyl (C=O) groups excluding carboxylic acids is 2. The molecule has 0 radical (unpaired) electrons. The predicted molar refractivity (Wildman–Crippen MR) is 111 cm³/mol. The van der Waals surface area contributed by atoms with Gasteiger partial charge >= 0.3 is 0 Å². The molecule has 0 saturated carbocycles. The van der Waals surface area contributed by atoms with E-state index in [1.165, 1.54) is 12.1 Å². The quantitative estimate of drug-likeness (QED) is 0.638. The van der Waals surface area contributed by atoms with Crippen LogP contribution in [0.2, 0.25) is 0 Å². The molecule has 2 amide bonds. The van der Waals surface area contributed by atoms with Crippen molar-refractivity contribution in [1.82, 2.24) is 15.1 Å². The molecule has 2 fully saturated rings. The molecule has 166 valence electrons. The highest BCUT2D eigenvalue weighted by Crippen LogP contribution is 2.37. The lowest BCUT2D eigenvalue weighted by atomic mass is 9.73. The summed E-state index contributed by atoms with van der Waals surface area (Å²) in [6, 6.07) is 6.39. The van der Waals surface area contributed by atoms with Crippen LogP contribution < -0.4 is 5.32 Å². The van der Waals surface area contributed by atoms with Crippen molar-refractivity contribution < 1.29 is 23.5 Å². The SMILES string of the molecule is COCCCNC(=O)CN1CCN(C(=O)C2(c3cccc(F)c3)CCOCC2)CC1. The van der Waals surface area contributed by atoms with Crippen molar-refractivity contribution in [3.63, 3.8) is 0 Å². The van der Waals surface area contributed by atoms with Gasteiger partial charge in [-0.1, -0.05) is 12.1 Å². The highest BCUT2D eigenvalue weighted by molar-refractivity contribution is 5.88. The molecule has 7 nitrogen and oxygen atoms in total. The molecule has 2 saturated heterocycles. The molecule has 0 unspecified atom stereocenters. The molecular formula is C22H32FN3O4. The van der Waals surface area contributed by atoms with Crippen LogP contribution in [0.1, 0.15) is 24.8 Å². The van der Waals surface area contributed by atoms with Crippen LogP contribution in [0.25, 0.3) is 0 Å². The number of hydrogen-bond donors (Lipinski definition) is 1. The van der Waals surface area contributed by atoms with Crippen LogP contribution in [-0.4, -0.2) is 87.8 Å². The molecule has 1 aromatic rings. The van der Waals surface area contributed by atoms with Gasteiger partial charge < -0.3 is 19.7 Å². The maximum Gasteiger partial charge on any atom is 0.234 e.